The fraction of sp³-hybridized carbons (Fsp3) is 0.333. The topological polar surface area (TPSA) is 107 Å². The van der Waals surface area contributed by atoms with Crippen molar-refractivity contribution in [1.82, 2.24) is 4.72 Å². The molecule has 0 spiro atoms. The number of nitrogens with zero attached hydrogens (tertiary/aromatic N) is 1. The van der Waals surface area contributed by atoms with Gasteiger partial charge in [0.2, 0.25) is 10.0 Å². The van der Waals surface area contributed by atoms with Crippen LogP contribution in [0.1, 0.15) is 25.3 Å². The van der Waals surface area contributed by atoms with E-state index in [1.165, 1.54) is 18.2 Å². The van der Waals surface area contributed by atoms with E-state index in [9.17, 15) is 13.2 Å². The Morgan fingerprint density at radius 2 is 2.20 bits per heavy atom. The molecule has 0 heterocycles. The fourth-order valence-corrected chi connectivity index (χ4v) is 3.60. The Labute approximate surface area is 125 Å². The molecule has 0 radical (unpaired) electrons. The van der Waals surface area contributed by atoms with E-state index in [4.69, 9.17) is 10.4 Å². The zero-order chi connectivity index (χ0) is 15.3. The van der Waals surface area contributed by atoms with Crippen molar-refractivity contribution in [3.8, 4) is 6.07 Å². The molecule has 0 aliphatic rings. The number of nitrogens with one attached hydrogen (secondary N) is 1. The summed E-state index contributed by atoms with van der Waals surface area (Å²) in [6.45, 7) is 1.75. The van der Waals surface area contributed by atoms with Crippen LogP contribution in [0.3, 0.4) is 0 Å². The summed E-state index contributed by atoms with van der Waals surface area (Å²) in [4.78, 5) is 10.8. The van der Waals surface area contributed by atoms with Crippen LogP contribution in [0.2, 0.25) is 0 Å². The number of carboxylic acid groups (broad SMARTS) is 1. The normalized spacial score (nSPS) is 12.7. The Hall–Kier alpha value is -1.43. The zero-order valence-electron chi connectivity index (χ0n) is 10.6. The Kier molecular flexibility index (Phi) is 5.68. The lowest BCUT2D eigenvalue weighted by molar-refractivity contribution is -0.139. The van der Waals surface area contributed by atoms with E-state index >= 15 is 0 Å². The van der Waals surface area contributed by atoms with Crippen LogP contribution in [-0.4, -0.2) is 25.5 Å². The SMILES string of the molecule is CCCC(NS(=O)(=O)c1cccc(Br)c1C#N)C(=O)O. The van der Waals surface area contributed by atoms with Crippen molar-refractivity contribution in [2.45, 2.75) is 30.7 Å². The maximum atomic E-state index is 12.2. The Bertz CT molecular complexity index is 652. The molecule has 1 unspecified atom stereocenters. The van der Waals surface area contributed by atoms with E-state index in [1.807, 2.05) is 0 Å². The predicted molar refractivity (Wildman–Crippen MR) is 75.5 cm³/mol. The Morgan fingerprint density at radius 3 is 2.70 bits per heavy atom. The second-order valence-corrected chi connectivity index (χ2v) is 6.56. The molecule has 8 heteroatoms. The maximum absolute atomic E-state index is 12.2. The molecule has 1 atom stereocenters. The van der Waals surface area contributed by atoms with Gasteiger partial charge in [-0.1, -0.05) is 19.4 Å². The van der Waals surface area contributed by atoms with Gasteiger partial charge in [-0.05, 0) is 34.5 Å². The maximum Gasteiger partial charge on any atom is 0.321 e. The number of hydrogen-bond donors (Lipinski definition) is 2. The first-order chi connectivity index (χ1) is 9.33. The van der Waals surface area contributed by atoms with Crippen LogP contribution >= 0.6 is 15.9 Å². The largest absolute Gasteiger partial charge is 0.480 e. The van der Waals surface area contributed by atoms with Gasteiger partial charge >= 0.3 is 5.97 Å². The third-order valence-corrected chi connectivity index (χ3v) is 4.72. The van der Waals surface area contributed by atoms with Crippen molar-refractivity contribution in [2.75, 3.05) is 0 Å². The molecule has 0 saturated carbocycles. The zero-order valence-corrected chi connectivity index (χ0v) is 13.0. The molecule has 1 rings (SSSR count). The third kappa shape index (κ3) is 3.79. The lowest BCUT2D eigenvalue weighted by Crippen LogP contribution is -2.40. The van der Waals surface area contributed by atoms with Crippen molar-refractivity contribution < 1.29 is 18.3 Å². The van der Waals surface area contributed by atoms with Gasteiger partial charge < -0.3 is 5.11 Å². The van der Waals surface area contributed by atoms with Gasteiger partial charge in [-0.25, -0.2) is 8.42 Å². The quantitative estimate of drug-likeness (QED) is 0.804. The molecule has 0 bridgehead atoms. The fourth-order valence-electron chi connectivity index (χ4n) is 1.61. The summed E-state index contributed by atoms with van der Waals surface area (Å²) in [5.74, 6) is -1.25. The molecule has 2 N–H and O–H groups in total. The van der Waals surface area contributed by atoms with E-state index in [1.54, 1.807) is 13.0 Å². The van der Waals surface area contributed by atoms with Crippen molar-refractivity contribution >= 4 is 31.9 Å². The van der Waals surface area contributed by atoms with E-state index < -0.39 is 22.0 Å². The molecule has 0 amide bonds. The smallest absolute Gasteiger partial charge is 0.321 e. The van der Waals surface area contributed by atoms with Gasteiger partial charge in [-0.2, -0.15) is 9.98 Å². The molecule has 0 aliphatic heterocycles. The summed E-state index contributed by atoms with van der Waals surface area (Å²) in [6, 6.07) is 4.85. The molecule has 108 valence electrons. The first-order valence-corrected chi connectivity index (χ1v) is 8.04. The molecular weight excluding hydrogens is 348 g/mol. The van der Waals surface area contributed by atoms with Crippen LogP contribution in [-0.2, 0) is 14.8 Å². The molecule has 1 aromatic carbocycles. The molecule has 20 heavy (non-hydrogen) atoms. The van der Waals surface area contributed by atoms with Gasteiger partial charge in [0.25, 0.3) is 0 Å². The van der Waals surface area contributed by atoms with Crippen LogP contribution in [0.15, 0.2) is 27.6 Å². The third-order valence-electron chi connectivity index (χ3n) is 2.55. The number of benzene rings is 1. The highest BCUT2D eigenvalue weighted by Gasteiger charge is 2.27. The van der Waals surface area contributed by atoms with Crippen molar-refractivity contribution in [3.63, 3.8) is 0 Å². The number of rotatable bonds is 6. The second-order valence-electron chi connectivity index (χ2n) is 4.03. The molecule has 0 saturated heterocycles. The van der Waals surface area contributed by atoms with E-state index in [2.05, 4.69) is 20.7 Å². The van der Waals surface area contributed by atoms with Crippen LogP contribution in [0.4, 0.5) is 0 Å². The van der Waals surface area contributed by atoms with Gasteiger partial charge in [0, 0.05) is 4.47 Å². The summed E-state index contributed by atoms with van der Waals surface area (Å²) in [5, 5.41) is 18.0. The van der Waals surface area contributed by atoms with Crippen molar-refractivity contribution in [2.24, 2.45) is 0 Å². The first kappa shape index (κ1) is 16.6. The monoisotopic (exact) mass is 360 g/mol. The van der Waals surface area contributed by atoms with Crippen molar-refractivity contribution in [1.29, 1.82) is 5.26 Å². The first-order valence-electron chi connectivity index (χ1n) is 5.77. The Balaban J connectivity index is 3.21. The average molecular weight is 361 g/mol. The van der Waals surface area contributed by atoms with Crippen LogP contribution in [0.5, 0.6) is 0 Å². The molecule has 6 nitrogen and oxygen atoms in total. The van der Waals surface area contributed by atoms with Gasteiger partial charge in [0.15, 0.2) is 0 Å². The van der Waals surface area contributed by atoms with Crippen LogP contribution in [0.25, 0.3) is 0 Å². The highest BCUT2D eigenvalue weighted by molar-refractivity contribution is 9.10. The molecule has 0 aliphatic carbocycles. The Morgan fingerprint density at radius 1 is 1.55 bits per heavy atom. The van der Waals surface area contributed by atoms with E-state index in [0.717, 1.165) is 0 Å². The summed E-state index contributed by atoms with van der Waals surface area (Å²) >= 11 is 3.09. The van der Waals surface area contributed by atoms with Crippen LogP contribution in [0, 0.1) is 11.3 Å². The highest BCUT2D eigenvalue weighted by atomic mass is 79.9. The minimum Gasteiger partial charge on any atom is -0.480 e. The van der Waals surface area contributed by atoms with Crippen LogP contribution < -0.4 is 4.72 Å². The van der Waals surface area contributed by atoms with E-state index in [-0.39, 0.29) is 16.9 Å². The van der Waals surface area contributed by atoms with E-state index in [0.29, 0.717) is 10.9 Å². The van der Waals surface area contributed by atoms with Gasteiger partial charge in [-0.3, -0.25) is 4.79 Å². The van der Waals surface area contributed by atoms with Gasteiger partial charge in [-0.15, -0.1) is 0 Å². The summed E-state index contributed by atoms with van der Waals surface area (Å²) in [7, 11) is -4.08. The van der Waals surface area contributed by atoms with Gasteiger partial charge in [0.05, 0.1) is 5.56 Å². The van der Waals surface area contributed by atoms with Gasteiger partial charge in [0.1, 0.15) is 17.0 Å². The molecule has 0 aromatic heterocycles. The number of hydrogen-bond acceptors (Lipinski definition) is 4. The summed E-state index contributed by atoms with van der Waals surface area (Å²) < 4.78 is 26.9. The number of sulfonamides is 1. The standard InChI is InChI=1S/C12H13BrN2O4S/c1-2-4-10(12(16)17)15-20(18,19)11-6-3-5-9(13)8(11)7-14/h3,5-6,10,15H,2,4H2,1H3,(H,16,17). The summed E-state index contributed by atoms with van der Waals surface area (Å²) in [5.41, 5.74) is -0.0550. The second kappa shape index (κ2) is 6.83. The summed E-state index contributed by atoms with van der Waals surface area (Å²) in [6.07, 6.45) is 0.688. The minimum atomic E-state index is -4.08. The highest BCUT2D eigenvalue weighted by Crippen LogP contribution is 2.23. The average Bonchev–Trinajstić information content (AvgIpc) is 2.37. The number of halogens is 1. The molecule has 1 aromatic rings. The number of nitriles is 1. The van der Waals surface area contributed by atoms with Crippen molar-refractivity contribution in [3.05, 3.63) is 28.2 Å². The molecular formula is C12H13BrN2O4S. The predicted octanol–water partition coefficient (Wildman–Crippen LogP) is 1.85. The minimum absolute atomic E-state index is 0.0550. The lowest BCUT2D eigenvalue weighted by atomic mass is 10.2. The number of aliphatic carboxylic acids is 1. The molecule has 0 fully saturated rings. The lowest BCUT2D eigenvalue weighted by Gasteiger charge is -2.14. The number of carboxylic acids is 1. The number of carbonyl (C=O) groups is 1.